The molecule has 5 nitrogen and oxygen atoms in total. The van der Waals surface area contributed by atoms with Crippen LogP contribution in [0.2, 0.25) is 0 Å². The lowest BCUT2D eigenvalue weighted by Crippen LogP contribution is -2.47. The number of carbonyl (C=O) groups excluding carboxylic acids is 2. The maximum absolute atomic E-state index is 13.9. The fraction of sp³-hybridized carbons (Fsp3) is 0.579. The van der Waals surface area contributed by atoms with E-state index in [1.54, 1.807) is 4.90 Å². The first-order valence-corrected chi connectivity index (χ1v) is 9.11. The van der Waals surface area contributed by atoms with Crippen LogP contribution in [-0.4, -0.2) is 43.3 Å². The summed E-state index contributed by atoms with van der Waals surface area (Å²) in [5.41, 5.74) is -0.0293. The van der Waals surface area contributed by atoms with E-state index in [2.05, 4.69) is 5.32 Å². The number of likely N-dealkylation sites (tertiary alicyclic amines) is 1. The monoisotopic (exact) mass is 384 g/mol. The summed E-state index contributed by atoms with van der Waals surface area (Å²) in [6.45, 7) is 0.842. The van der Waals surface area contributed by atoms with E-state index in [9.17, 15) is 22.8 Å². The maximum atomic E-state index is 13.9. The largest absolute Gasteiger partial charge is 0.494 e. The quantitative estimate of drug-likeness (QED) is 0.821. The molecule has 0 radical (unpaired) electrons. The normalized spacial score (nSPS) is 21.1. The van der Waals surface area contributed by atoms with Gasteiger partial charge in [-0.05, 0) is 43.4 Å². The molecule has 1 saturated heterocycles. The summed E-state index contributed by atoms with van der Waals surface area (Å²) in [7, 11) is 1.28. The number of methoxy groups -OCH3 is 1. The minimum atomic E-state index is -2.89. The van der Waals surface area contributed by atoms with E-state index in [4.69, 9.17) is 4.74 Å². The standard InChI is InChI=1S/C19H23F3N2O3/c1-27-15-7-6-12(9-14(15)20)16(17(21)22)23-18(25)13-3-2-8-24(10-13)19(26)11-4-5-11/h6-7,9,11,13,16-17H,2-5,8,10H2,1H3,(H,23,25)/t13-,16+/m0/s1. The molecule has 148 valence electrons. The second-order valence-corrected chi connectivity index (χ2v) is 7.11. The lowest BCUT2D eigenvalue weighted by atomic mass is 9.95. The molecular formula is C19H23F3N2O3. The Morgan fingerprint density at radius 1 is 1.22 bits per heavy atom. The molecule has 1 saturated carbocycles. The fourth-order valence-electron chi connectivity index (χ4n) is 3.42. The highest BCUT2D eigenvalue weighted by Crippen LogP contribution is 2.33. The molecule has 0 aromatic heterocycles. The highest BCUT2D eigenvalue weighted by Gasteiger charge is 2.37. The van der Waals surface area contributed by atoms with Gasteiger partial charge in [-0.15, -0.1) is 0 Å². The molecule has 1 aliphatic heterocycles. The van der Waals surface area contributed by atoms with Crippen molar-refractivity contribution in [2.45, 2.75) is 38.2 Å². The molecule has 2 aliphatic rings. The Bertz CT molecular complexity index is 709. The number of ether oxygens (including phenoxy) is 1. The summed E-state index contributed by atoms with van der Waals surface area (Å²) < 4.78 is 45.7. The van der Waals surface area contributed by atoms with E-state index >= 15 is 0 Å². The predicted molar refractivity (Wildman–Crippen MR) is 91.9 cm³/mol. The zero-order valence-electron chi connectivity index (χ0n) is 15.1. The van der Waals surface area contributed by atoms with Crippen LogP contribution in [0.15, 0.2) is 18.2 Å². The number of hydrogen-bond donors (Lipinski definition) is 1. The molecule has 8 heteroatoms. The number of benzene rings is 1. The molecule has 1 aromatic carbocycles. The van der Waals surface area contributed by atoms with E-state index < -0.39 is 30.1 Å². The van der Waals surface area contributed by atoms with Crippen LogP contribution in [0.5, 0.6) is 5.75 Å². The molecule has 3 rings (SSSR count). The van der Waals surface area contributed by atoms with Crippen molar-refractivity contribution >= 4 is 11.8 Å². The van der Waals surface area contributed by atoms with Crippen molar-refractivity contribution in [3.8, 4) is 5.75 Å². The molecule has 0 spiro atoms. The molecular weight excluding hydrogens is 361 g/mol. The highest BCUT2D eigenvalue weighted by molar-refractivity contribution is 5.83. The van der Waals surface area contributed by atoms with Crippen molar-refractivity contribution in [3.05, 3.63) is 29.6 Å². The molecule has 27 heavy (non-hydrogen) atoms. The third-order valence-corrected chi connectivity index (χ3v) is 5.12. The number of nitrogens with one attached hydrogen (secondary N) is 1. The van der Waals surface area contributed by atoms with Crippen LogP contribution in [-0.2, 0) is 9.59 Å². The van der Waals surface area contributed by atoms with Gasteiger partial charge in [-0.25, -0.2) is 13.2 Å². The summed E-state index contributed by atoms with van der Waals surface area (Å²) in [6, 6.07) is 1.89. The number of hydrogen-bond acceptors (Lipinski definition) is 3. The second-order valence-electron chi connectivity index (χ2n) is 7.11. The summed E-state index contributed by atoms with van der Waals surface area (Å²) in [6.07, 6.45) is 0.0561. The number of rotatable bonds is 6. The van der Waals surface area contributed by atoms with Gasteiger partial charge in [0.2, 0.25) is 11.8 Å². The van der Waals surface area contributed by atoms with Gasteiger partial charge in [0, 0.05) is 19.0 Å². The van der Waals surface area contributed by atoms with E-state index in [0.29, 0.717) is 19.4 Å². The first-order chi connectivity index (χ1) is 12.9. The lowest BCUT2D eigenvalue weighted by molar-refractivity contribution is -0.137. The van der Waals surface area contributed by atoms with Crippen molar-refractivity contribution in [2.24, 2.45) is 11.8 Å². The maximum Gasteiger partial charge on any atom is 0.262 e. The van der Waals surface area contributed by atoms with Crippen LogP contribution in [0.25, 0.3) is 0 Å². The van der Waals surface area contributed by atoms with Crippen LogP contribution in [0, 0.1) is 17.7 Å². The number of piperidine rings is 1. The van der Waals surface area contributed by atoms with Crippen LogP contribution in [0.3, 0.4) is 0 Å². The number of nitrogens with zero attached hydrogens (tertiary/aromatic N) is 1. The summed E-state index contributed by atoms with van der Waals surface area (Å²) in [4.78, 5) is 26.4. The molecule has 2 amide bonds. The predicted octanol–water partition coefficient (Wildman–Crippen LogP) is 2.91. The highest BCUT2D eigenvalue weighted by atomic mass is 19.3. The number of carbonyl (C=O) groups is 2. The lowest BCUT2D eigenvalue weighted by Gasteiger charge is -2.33. The number of halogens is 3. The van der Waals surface area contributed by atoms with Crippen molar-refractivity contribution in [1.82, 2.24) is 10.2 Å². The van der Waals surface area contributed by atoms with E-state index in [-0.39, 0.29) is 29.7 Å². The average Bonchev–Trinajstić information content (AvgIpc) is 3.50. The SMILES string of the molecule is COc1ccc([C@@H](NC(=O)[C@H]2CCCN(C(=O)C3CC3)C2)C(F)F)cc1F. The summed E-state index contributed by atoms with van der Waals surface area (Å²) in [5, 5.41) is 2.34. The minimum Gasteiger partial charge on any atom is -0.494 e. The van der Waals surface area contributed by atoms with Gasteiger partial charge in [0.1, 0.15) is 6.04 Å². The van der Waals surface area contributed by atoms with Crippen molar-refractivity contribution in [1.29, 1.82) is 0 Å². The van der Waals surface area contributed by atoms with Gasteiger partial charge in [0.25, 0.3) is 6.43 Å². The Kier molecular flexibility index (Phi) is 5.92. The van der Waals surface area contributed by atoms with E-state index in [1.807, 2.05) is 0 Å². The third kappa shape index (κ3) is 4.54. The van der Waals surface area contributed by atoms with Gasteiger partial charge in [0.15, 0.2) is 11.6 Å². The van der Waals surface area contributed by atoms with Crippen molar-refractivity contribution < 1.29 is 27.5 Å². The van der Waals surface area contributed by atoms with Gasteiger partial charge < -0.3 is 15.0 Å². The minimum absolute atomic E-state index is 0.0293. The van der Waals surface area contributed by atoms with Crippen molar-refractivity contribution in [2.75, 3.05) is 20.2 Å². The Labute approximate surface area is 155 Å². The Hall–Kier alpha value is -2.25. The van der Waals surface area contributed by atoms with Crippen molar-refractivity contribution in [3.63, 3.8) is 0 Å². The Morgan fingerprint density at radius 2 is 1.96 bits per heavy atom. The molecule has 1 aromatic rings. The molecule has 0 unspecified atom stereocenters. The molecule has 1 heterocycles. The van der Waals surface area contributed by atoms with Gasteiger partial charge in [-0.3, -0.25) is 9.59 Å². The van der Waals surface area contributed by atoms with Gasteiger partial charge in [-0.1, -0.05) is 6.07 Å². The first kappa shape index (κ1) is 19.5. The van der Waals surface area contributed by atoms with Gasteiger partial charge in [0.05, 0.1) is 13.0 Å². The molecule has 2 fully saturated rings. The second kappa shape index (κ2) is 8.19. The summed E-state index contributed by atoms with van der Waals surface area (Å²) >= 11 is 0. The van der Waals surface area contributed by atoms with E-state index in [0.717, 1.165) is 18.9 Å². The number of amides is 2. The van der Waals surface area contributed by atoms with Crippen LogP contribution >= 0.6 is 0 Å². The molecule has 1 N–H and O–H groups in total. The van der Waals surface area contributed by atoms with Crippen LogP contribution in [0.1, 0.15) is 37.3 Å². The zero-order valence-corrected chi connectivity index (χ0v) is 15.1. The Balaban J connectivity index is 1.67. The molecule has 2 atom stereocenters. The van der Waals surface area contributed by atoms with Gasteiger partial charge >= 0.3 is 0 Å². The van der Waals surface area contributed by atoms with E-state index in [1.165, 1.54) is 19.2 Å². The third-order valence-electron chi connectivity index (χ3n) is 5.12. The van der Waals surface area contributed by atoms with Crippen LogP contribution in [0.4, 0.5) is 13.2 Å². The zero-order chi connectivity index (χ0) is 19.6. The fourth-order valence-corrected chi connectivity index (χ4v) is 3.42. The first-order valence-electron chi connectivity index (χ1n) is 9.11. The van der Waals surface area contributed by atoms with Crippen LogP contribution < -0.4 is 10.1 Å². The smallest absolute Gasteiger partial charge is 0.262 e. The Morgan fingerprint density at radius 3 is 2.56 bits per heavy atom. The molecule has 1 aliphatic carbocycles. The average molecular weight is 384 g/mol. The molecule has 0 bridgehead atoms. The topological polar surface area (TPSA) is 58.6 Å². The number of alkyl halides is 2. The van der Waals surface area contributed by atoms with Gasteiger partial charge in [-0.2, -0.15) is 0 Å². The summed E-state index contributed by atoms with van der Waals surface area (Å²) in [5.74, 6) is -1.79.